The minimum Gasteiger partial charge on any atom is -0.290 e. The quantitative estimate of drug-likeness (QED) is 0.838. The first-order chi connectivity index (χ1) is 10.0. The van der Waals surface area contributed by atoms with Crippen molar-refractivity contribution in [1.82, 2.24) is 9.88 Å². The molecule has 21 heavy (non-hydrogen) atoms. The summed E-state index contributed by atoms with van der Waals surface area (Å²) in [6.45, 7) is 1.89. The highest BCUT2D eigenvalue weighted by Gasteiger charge is 2.26. The molecule has 0 N–H and O–H groups in total. The molecule has 3 heterocycles. The molecule has 1 fully saturated rings. The highest BCUT2D eigenvalue weighted by atomic mass is 32.2. The second-order valence-electron chi connectivity index (χ2n) is 5.49. The van der Waals surface area contributed by atoms with Crippen LogP contribution in [0.2, 0.25) is 0 Å². The average molecular weight is 343 g/mol. The molecule has 1 saturated heterocycles. The Morgan fingerprint density at radius 2 is 2.29 bits per heavy atom. The van der Waals surface area contributed by atoms with Crippen molar-refractivity contribution in [3.8, 4) is 0 Å². The summed E-state index contributed by atoms with van der Waals surface area (Å²) in [5.41, 5.74) is 2.38. The molecule has 1 atom stereocenters. The zero-order chi connectivity index (χ0) is 14.9. The van der Waals surface area contributed by atoms with Crippen molar-refractivity contribution in [2.75, 3.05) is 12.8 Å². The van der Waals surface area contributed by atoms with Gasteiger partial charge in [-0.1, -0.05) is 0 Å². The topological polar surface area (TPSA) is 50.3 Å². The van der Waals surface area contributed by atoms with Gasteiger partial charge in [-0.15, -0.1) is 11.3 Å². The van der Waals surface area contributed by atoms with Gasteiger partial charge in [0.05, 0.1) is 5.69 Å². The van der Waals surface area contributed by atoms with Crippen molar-refractivity contribution in [2.45, 2.75) is 31.2 Å². The SMILES string of the molecule is CS(=O)(=O)Cc1nc(CN2CCC[C@H]2c2ccsc2)cs1. The molecular weight excluding hydrogens is 324 g/mol. The normalized spacial score (nSPS) is 20.1. The third kappa shape index (κ3) is 3.91. The van der Waals surface area contributed by atoms with Crippen LogP contribution < -0.4 is 0 Å². The molecule has 3 rings (SSSR count). The van der Waals surface area contributed by atoms with Crippen molar-refractivity contribution in [2.24, 2.45) is 0 Å². The Hall–Kier alpha value is -0.760. The van der Waals surface area contributed by atoms with Gasteiger partial charge in [0.1, 0.15) is 10.8 Å². The number of rotatable bonds is 5. The van der Waals surface area contributed by atoms with Crippen LogP contribution in [-0.4, -0.2) is 31.1 Å². The number of hydrogen-bond acceptors (Lipinski definition) is 6. The van der Waals surface area contributed by atoms with E-state index in [1.165, 1.54) is 36.0 Å². The van der Waals surface area contributed by atoms with Gasteiger partial charge in [-0.05, 0) is 41.8 Å². The van der Waals surface area contributed by atoms with E-state index in [1.807, 2.05) is 5.38 Å². The fraction of sp³-hybridized carbons (Fsp3) is 0.500. The van der Waals surface area contributed by atoms with Crippen molar-refractivity contribution < 1.29 is 8.42 Å². The molecule has 0 unspecified atom stereocenters. The van der Waals surface area contributed by atoms with Gasteiger partial charge in [-0.3, -0.25) is 4.90 Å². The molecule has 0 spiro atoms. The van der Waals surface area contributed by atoms with Gasteiger partial charge in [0.15, 0.2) is 9.84 Å². The highest BCUT2D eigenvalue weighted by molar-refractivity contribution is 7.90. The van der Waals surface area contributed by atoms with Crippen LogP contribution in [0.15, 0.2) is 22.2 Å². The summed E-state index contributed by atoms with van der Waals surface area (Å²) >= 11 is 3.18. The summed E-state index contributed by atoms with van der Waals surface area (Å²) in [5.74, 6) is 0.0472. The molecule has 2 aromatic rings. The van der Waals surface area contributed by atoms with Crippen LogP contribution in [0.5, 0.6) is 0 Å². The molecular formula is C14H18N2O2S3. The summed E-state index contributed by atoms with van der Waals surface area (Å²) in [6, 6.07) is 2.68. The Balaban J connectivity index is 1.69. The van der Waals surface area contributed by atoms with E-state index in [2.05, 4.69) is 26.7 Å². The predicted octanol–water partition coefficient (Wildman–Crippen LogP) is 3.09. The molecule has 114 valence electrons. The zero-order valence-electron chi connectivity index (χ0n) is 11.9. The molecule has 0 aromatic carbocycles. The molecule has 7 heteroatoms. The second kappa shape index (κ2) is 6.16. The van der Waals surface area contributed by atoms with Gasteiger partial charge < -0.3 is 0 Å². The molecule has 0 bridgehead atoms. The molecule has 0 amide bonds. The fourth-order valence-electron chi connectivity index (χ4n) is 2.78. The van der Waals surface area contributed by atoms with E-state index in [4.69, 9.17) is 0 Å². The molecule has 1 aliphatic rings. The Bertz CT molecular complexity index is 692. The first kappa shape index (κ1) is 15.1. The van der Waals surface area contributed by atoms with E-state index in [1.54, 1.807) is 11.3 Å². The number of sulfone groups is 1. The number of hydrogen-bond donors (Lipinski definition) is 0. The maximum absolute atomic E-state index is 11.3. The summed E-state index contributed by atoms with van der Waals surface area (Å²) in [6.07, 6.45) is 3.65. The summed E-state index contributed by atoms with van der Waals surface area (Å²) in [5, 5.41) is 7.03. The number of aromatic nitrogens is 1. The standard InChI is InChI=1S/C14H18N2O2S3/c1-21(17,18)10-14-15-12(9-20-14)7-16-5-2-3-13(16)11-4-6-19-8-11/h4,6,8-9,13H,2-3,5,7,10H2,1H3/t13-/m0/s1. The van der Waals surface area contributed by atoms with Crippen LogP contribution in [0.1, 0.15) is 35.1 Å². The number of thiazole rings is 1. The van der Waals surface area contributed by atoms with Gasteiger partial charge in [-0.2, -0.15) is 11.3 Å². The van der Waals surface area contributed by atoms with Gasteiger partial charge in [0.2, 0.25) is 0 Å². The van der Waals surface area contributed by atoms with Crippen LogP contribution in [0, 0.1) is 0 Å². The third-order valence-electron chi connectivity index (χ3n) is 3.64. The van der Waals surface area contributed by atoms with Crippen molar-refractivity contribution in [1.29, 1.82) is 0 Å². The molecule has 0 aliphatic carbocycles. The fourth-order valence-corrected chi connectivity index (χ4v) is 5.48. The van der Waals surface area contributed by atoms with Crippen LogP contribution >= 0.6 is 22.7 Å². The first-order valence-electron chi connectivity index (χ1n) is 6.88. The van der Waals surface area contributed by atoms with Crippen LogP contribution in [0.3, 0.4) is 0 Å². The second-order valence-corrected chi connectivity index (χ2v) is 9.35. The predicted molar refractivity (Wildman–Crippen MR) is 87.4 cm³/mol. The van der Waals surface area contributed by atoms with Gasteiger partial charge in [-0.25, -0.2) is 13.4 Å². The molecule has 0 radical (unpaired) electrons. The lowest BCUT2D eigenvalue weighted by molar-refractivity contribution is 0.246. The maximum atomic E-state index is 11.3. The summed E-state index contributed by atoms with van der Waals surface area (Å²) < 4.78 is 22.6. The number of thiophene rings is 1. The molecule has 2 aromatic heterocycles. The van der Waals surface area contributed by atoms with E-state index < -0.39 is 9.84 Å². The number of likely N-dealkylation sites (tertiary alicyclic amines) is 1. The average Bonchev–Trinajstić information content (AvgIpc) is 3.08. The lowest BCUT2D eigenvalue weighted by Gasteiger charge is -2.22. The first-order valence-corrected chi connectivity index (χ1v) is 10.8. The molecule has 1 aliphatic heterocycles. The monoisotopic (exact) mass is 342 g/mol. The van der Waals surface area contributed by atoms with Crippen LogP contribution in [0.25, 0.3) is 0 Å². The van der Waals surface area contributed by atoms with E-state index in [-0.39, 0.29) is 5.75 Å². The van der Waals surface area contributed by atoms with Gasteiger partial charge in [0.25, 0.3) is 0 Å². The van der Waals surface area contributed by atoms with Gasteiger partial charge in [0, 0.05) is 24.2 Å². The maximum Gasteiger partial charge on any atom is 0.153 e. The van der Waals surface area contributed by atoms with Crippen molar-refractivity contribution >= 4 is 32.5 Å². The Morgan fingerprint density at radius 3 is 3.00 bits per heavy atom. The third-order valence-corrected chi connectivity index (χ3v) is 6.22. The van der Waals surface area contributed by atoms with E-state index in [0.717, 1.165) is 18.8 Å². The number of nitrogens with zero attached hydrogens (tertiary/aromatic N) is 2. The zero-order valence-corrected chi connectivity index (χ0v) is 14.3. The highest BCUT2D eigenvalue weighted by Crippen LogP contribution is 2.34. The smallest absolute Gasteiger partial charge is 0.153 e. The Kier molecular flexibility index (Phi) is 4.44. The minimum atomic E-state index is -3.00. The molecule has 0 saturated carbocycles. The van der Waals surface area contributed by atoms with Crippen LogP contribution in [-0.2, 0) is 22.1 Å². The largest absolute Gasteiger partial charge is 0.290 e. The van der Waals surface area contributed by atoms with E-state index in [9.17, 15) is 8.42 Å². The van der Waals surface area contributed by atoms with Crippen molar-refractivity contribution in [3.05, 3.63) is 38.5 Å². The van der Waals surface area contributed by atoms with Crippen LogP contribution in [0.4, 0.5) is 0 Å². The van der Waals surface area contributed by atoms with E-state index >= 15 is 0 Å². The Morgan fingerprint density at radius 1 is 1.43 bits per heavy atom. The summed E-state index contributed by atoms with van der Waals surface area (Å²) in [7, 11) is -3.00. The summed E-state index contributed by atoms with van der Waals surface area (Å²) in [4.78, 5) is 6.92. The Labute approximate surface area is 133 Å². The lowest BCUT2D eigenvalue weighted by Crippen LogP contribution is -2.22. The van der Waals surface area contributed by atoms with Crippen molar-refractivity contribution in [3.63, 3.8) is 0 Å². The van der Waals surface area contributed by atoms with E-state index in [0.29, 0.717) is 11.0 Å². The van der Waals surface area contributed by atoms with Gasteiger partial charge >= 0.3 is 0 Å². The lowest BCUT2D eigenvalue weighted by atomic mass is 10.1. The minimum absolute atomic E-state index is 0.0472. The molecule has 4 nitrogen and oxygen atoms in total.